The molecule has 0 unspecified atom stereocenters. The molecule has 0 saturated heterocycles. The van der Waals surface area contributed by atoms with Gasteiger partial charge in [0.25, 0.3) is 0 Å². The van der Waals surface area contributed by atoms with E-state index in [1.54, 1.807) is 0 Å². The van der Waals surface area contributed by atoms with Crippen LogP contribution in [-0.4, -0.2) is 11.1 Å². The van der Waals surface area contributed by atoms with E-state index in [0.717, 1.165) is 0 Å². The van der Waals surface area contributed by atoms with Gasteiger partial charge in [0.1, 0.15) is 0 Å². The molecule has 120 valence electrons. The van der Waals surface area contributed by atoms with Crippen molar-refractivity contribution in [2.24, 2.45) is 0 Å². The van der Waals surface area contributed by atoms with Crippen LogP contribution in [0.1, 0.15) is 92.2 Å². The van der Waals surface area contributed by atoms with Crippen molar-refractivity contribution >= 4 is 5.69 Å². The molecule has 1 nitrogen and oxygen atoms in total. The molecule has 0 aliphatic rings. The van der Waals surface area contributed by atoms with Crippen LogP contribution in [0, 0.1) is 0 Å². The zero-order valence-electron chi connectivity index (χ0n) is 15.8. The maximum Gasteiger partial charge on any atom is 0.0445 e. The van der Waals surface area contributed by atoms with E-state index in [4.69, 9.17) is 0 Å². The van der Waals surface area contributed by atoms with E-state index in [2.05, 4.69) is 92.3 Å². The molecule has 0 radical (unpaired) electrons. The summed E-state index contributed by atoms with van der Waals surface area (Å²) in [4.78, 5) is 2.62. The van der Waals surface area contributed by atoms with Crippen LogP contribution in [0.25, 0.3) is 0 Å². The molecule has 1 rings (SSSR count). The van der Waals surface area contributed by atoms with Crippen LogP contribution >= 0.6 is 0 Å². The number of rotatable bonds is 3. The van der Waals surface area contributed by atoms with Crippen molar-refractivity contribution in [3.63, 3.8) is 0 Å². The van der Waals surface area contributed by atoms with Crippen molar-refractivity contribution in [1.82, 2.24) is 0 Å². The first-order chi connectivity index (χ1) is 9.37. The third-order valence-electron chi connectivity index (χ3n) is 3.91. The molecule has 0 aliphatic carbocycles. The number of hydrogen-bond acceptors (Lipinski definition) is 1. The van der Waals surface area contributed by atoms with Crippen molar-refractivity contribution < 1.29 is 0 Å². The maximum atomic E-state index is 2.62. The predicted octanol–water partition coefficient (Wildman–Crippen LogP) is 6.34. The van der Waals surface area contributed by atoms with E-state index >= 15 is 0 Å². The molecule has 0 N–H and O–H groups in total. The van der Waals surface area contributed by atoms with Gasteiger partial charge in [-0.2, -0.15) is 0 Å². The second kappa shape index (κ2) is 6.02. The zero-order valence-corrected chi connectivity index (χ0v) is 15.8. The summed E-state index contributed by atoms with van der Waals surface area (Å²) in [6, 6.07) is 6.82. The Hall–Kier alpha value is -0.980. The van der Waals surface area contributed by atoms with Crippen LogP contribution in [0.2, 0.25) is 0 Å². The van der Waals surface area contributed by atoms with Crippen LogP contribution in [0.15, 0.2) is 18.2 Å². The second-order valence-electron chi connectivity index (χ2n) is 8.77. The molecule has 21 heavy (non-hydrogen) atoms. The minimum Gasteiger partial charge on any atom is -0.361 e. The SMILES string of the molecule is CC(C)c1cccc(C(C)C)c1N(C(C)(C)C)C(C)(C)C. The van der Waals surface area contributed by atoms with Gasteiger partial charge in [-0.1, -0.05) is 45.9 Å². The second-order valence-corrected chi connectivity index (χ2v) is 8.77. The van der Waals surface area contributed by atoms with Crippen LogP contribution in [0.5, 0.6) is 0 Å². The lowest BCUT2D eigenvalue weighted by Crippen LogP contribution is -2.53. The van der Waals surface area contributed by atoms with E-state index < -0.39 is 0 Å². The lowest BCUT2D eigenvalue weighted by molar-refractivity contribution is 0.377. The van der Waals surface area contributed by atoms with Crippen molar-refractivity contribution in [3.05, 3.63) is 29.3 Å². The minimum absolute atomic E-state index is 0.0902. The van der Waals surface area contributed by atoms with Crippen molar-refractivity contribution in [3.8, 4) is 0 Å². The highest BCUT2D eigenvalue weighted by Crippen LogP contribution is 2.42. The Morgan fingerprint density at radius 3 is 1.29 bits per heavy atom. The average Bonchev–Trinajstić information content (AvgIpc) is 2.24. The average molecular weight is 290 g/mol. The van der Waals surface area contributed by atoms with E-state index in [0.29, 0.717) is 11.8 Å². The highest BCUT2D eigenvalue weighted by atomic mass is 15.2. The zero-order chi connectivity index (χ0) is 16.6. The van der Waals surface area contributed by atoms with E-state index in [9.17, 15) is 0 Å². The van der Waals surface area contributed by atoms with Gasteiger partial charge in [-0.05, 0) is 64.5 Å². The summed E-state index contributed by atoms with van der Waals surface area (Å²) < 4.78 is 0. The van der Waals surface area contributed by atoms with Gasteiger partial charge in [0.2, 0.25) is 0 Å². The third kappa shape index (κ3) is 4.02. The maximum absolute atomic E-state index is 2.62. The highest BCUT2D eigenvalue weighted by Gasteiger charge is 2.35. The van der Waals surface area contributed by atoms with E-state index in [-0.39, 0.29) is 11.1 Å². The van der Waals surface area contributed by atoms with Crippen LogP contribution in [0.3, 0.4) is 0 Å². The fourth-order valence-electron chi connectivity index (χ4n) is 3.45. The Kier molecular flexibility index (Phi) is 5.18. The van der Waals surface area contributed by atoms with Gasteiger partial charge in [0.05, 0.1) is 0 Å². The molecule has 0 saturated carbocycles. The molecular weight excluding hydrogens is 254 g/mol. The summed E-state index contributed by atoms with van der Waals surface area (Å²) in [5.41, 5.74) is 4.55. The Morgan fingerprint density at radius 2 is 1.05 bits per heavy atom. The van der Waals surface area contributed by atoms with Gasteiger partial charge in [0, 0.05) is 16.8 Å². The number of hydrogen-bond donors (Lipinski definition) is 0. The number of para-hydroxylation sites is 1. The van der Waals surface area contributed by atoms with Crippen molar-refractivity contribution in [2.75, 3.05) is 4.90 Å². The van der Waals surface area contributed by atoms with E-state index in [1.165, 1.54) is 16.8 Å². The molecule has 0 spiro atoms. The molecule has 0 bridgehead atoms. The van der Waals surface area contributed by atoms with Crippen molar-refractivity contribution in [2.45, 2.75) is 92.2 Å². The number of benzene rings is 1. The molecule has 0 amide bonds. The fourth-order valence-corrected chi connectivity index (χ4v) is 3.45. The smallest absolute Gasteiger partial charge is 0.0445 e. The van der Waals surface area contributed by atoms with Gasteiger partial charge >= 0.3 is 0 Å². The molecule has 1 heteroatoms. The first kappa shape index (κ1) is 18.1. The summed E-state index contributed by atoms with van der Waals surface area (Å²) in [5.74, 6) is 1.07. The molecule has 0 atom stereocenters. The summed E-state index contributed by atoms with van der Waals surface area (Å²) >= 11 is 0. The summed E-state index contributed by atoms with van der Waals surface area (Å²) in [5, 5.41) is 0. The normalized spacial score (nSPS) is 13.1. The van der Waals surface area contributed by atoms with Gasteiger partial charge in [-0.15, -0.1) is 0 Å². The summed E-state index contributed by atoms with van der Waals surface area (Å²) in [6.45, 7) is 23.1. The Balaban J connectivity index is 3.71. The molecule has 0 fully saturated rings. The Bertz CT molecular complexity index is 429. The lowest BCUT2D eigenvalue weighted by Gasteiger charge is -2.49. The number of nitrogens with zero attached hydrogens (tertiary/aromatic N) is 1. The summed E-state index contributed by atoms with van der Waals surface area (Å²) in [7, 11) is 0. The van der Waals surface area contributed by atoms with Crippen LogP contribution in [-0.2, 0) is 0 Å². The van der Waals surface area contributed by atoms with Crippen molar-refractivity contribution in [1.29, 1.82) is 0 Å². The lowest BCUT2D eigenvalue weighted by atomic mass is 9.86. The molecule has 1 aromatic carbocycles. The molecule has 0 aromatic heterocycles. The van der Waals surface area contributed by atoms with Gasteiger partial charge in [0.15, 0.2) is 0 Å². The highest BCUT2D eigenvalue weighted by molar-refractivity contribution is 5.64. The van der Waals surface area contributed by atoms with Gasteiger partial charge < -0.3 is 4.90 Å². The fraction of sp³-hybridized carbons (Fsp3) is 0.700. The van der Waals surface area contributed by atoms with Gasteiger partial charge in [-0.3, -0.25) is 0 Å². The largest absolute Gasteiger partial charge is 0.361 e. The van der Waals surface area contributed by atoms with Crippen LogP contribution in [0.4, 0.5) is 5.69 Å². The third-order valence-corrected chi connectivity index (χ3v) is 3.91. The van der Waals surface area contributed by atoms with Crippen LogP contribution < -0.4 is 4.90 Å². The Morgan fingerprint density at radius 1 is 0.714 bits per heavy atom. The topological polar surface area (TPSA) is 3.24 Å². The quantitative estimate of drug-likeness (QED) is 0.628. The van der Waals surface area contributed by atoms with Gasteiger partial charge in [-0.25, -0.2) is 0 Å². The number of anilines is 1. The molecular formula is C20H35N. The monoisotopic (exact) mass is 289 g/mol. The predicted molar refractivity (Wildman–Crippen MR) is 96.6 cm³/mol. The van der Waals surface area contributed by atoms with E-state index in [1.807, 2.05) is 0 Å². The Labute approximate surface area is 132 Å². The first-order valence-electron chi connectivity index (χ1n) is 8.30. The summed E-state index contributed by atoms with van der Waals surface area (Å²) in [6.07, 6.45) is 0. The first-order valence-corrected chi connectivity index (χ1v) is 8.30. The molecule has 0 aliphatic heterocycles. The minimum atomic E-state index is 0.0902. The molecule has 1 aromatic rings. The molecule has 0 heterocycles. The standard InChI is InChI=1S/C20H35N/c1-14(2)16-12-11-13-17(15(3)4)18(16)21(19(5,6)7)20(8,9)10/h11-15H,1-10H3.